The molecule has 0 amide bonds. The van der Waals surface area contributed by atoms with Crippen LogP contribution in [0.25, 0.3) is 11.3 Å². The Morgan fingerprint density at radius 1 is 1.00 bits per heavy atom. The predicted molar refractivity (Wildman–Crippen MR) is 68.5 cm³/mol. The van der Waals surface area contributed by atoms with E-state index in [1.165, 1.54) is 0 Å². The van der Waals surface area contributed by atoms with Crippen LogP contribution in [-0.2, 0) is 0 Å². The summed E-state index contributed by atoms with van der Waals surface area (Å²) < 4.78 is 0. The van der Waals surface area contributed by atoms with Gasteiger partial charge >= 0.3 is 0 Å². The van der Waals surface area contributed by atoms with Crippen LogP contribution in [0.3, 0.4) is 0 Å². The van der Waals surface area contributed by atoms with Crippen LogP contribution in [0.4, 0.5) is 0 Å². The van der Waals surface area contributed by atoms with Crippen molar-refractivity contribution in [1.82, 2.24) is 4.98 Å². The Morgan fingerprint density at radius 2 is 1.75 bits per heavy atom. The van der Waals surface area contributed by atoms with Crippen LogP contribution in [0.5, 0.6) is 5.75 Å². The third kappa shape index (κ3) is 2.14. The lowest BCUT2D eigenvalue weighted by Gasteiger charge is -2.07. The van der Waals surface area contributed by atoms with E-state index >= 15 is 0 Å². The molecule has 1 aromatic carbocycles. The lowest BCUT2D eigenvalue weighted by Crippen LogP contribution is -2.26. The smallest absolute Gasteiger partial charge is 0.124 e. The number of nitrogens with zero attached hydrogens (tertiary/aromatic N) is 1. The third-order valence-electron chi connectivity index (χ3n) is 2.44. The van der Waals surface area contributed by atoms with Crippen molar-refractivity contribution in [2.24, 2.45) is 0 Å². The summed E-state index contributed by atoms with van der Waals surface area (Å²) in [6.45, 7) is 4.42. The molecular weight excluding hydrogens is 214 g/mol. The Kier molecular flexibility index (Phi) is 3.06. The van der Waals surface area contributed by atoms with Gasteiger partial charge in [0.25, 0.3) is 0 Å². The molecule has 1 radical (unpaired) electrons. The maximum atomic E-state index is 9.76. The number of aromatic nitrogens is 1. The standard InChI is InChI=1S/C13H14NOSi/c1-16(2)13-9-5-7-11(14-13)10-6-3-4-8-12(10)15/h3-9,15H,1-2H3. The molecule has 3 heteroatoms. The van der Waals surface area contributed by atoms with Gasteiger partial charge in [-0.2, -0.15) is 0 Å². The van der Waals surface area contributed by atoms with Gasteiger partial charge in [-0.25, -0.2) is 0 Å². The maximum absolute atomic E-state index is 9.76. The number of pyridine rings is 1. The monoisotopic (exact) mass is 228 g/mol. The first-order valence-corrected chi connectivity index (χ1v) is 7.74. The van der Waals surface area contributed by atoms with Gasteiger partial charge in [-0.05, 0) is 24.3 Å². The van der Waals surface area contributed by atoms with E-state index in [2.05, 4.69) is 24.1 Å². The second-order valence-electron chi connectivity index (χ2n) is 3.93. The highest BCUT2D eigenvalue weighted by Gasteiger charge is 2.07. The number of hydrogen-bond acceptors (Lipinski definition) is 2. The van der Waals surface area contributed by atoms with Gasteiger partial charge in [-0.3, -0.25) is 4.98 Å². The van der Waals surface area contributed by atoms with Crippen molar-refractivity contribution >= 4 is 14.1 Å². The number of phenolic OH excluding ortho intramolecular Hbond substituents is 1. The van der Waals surface area contributed by atoms with E-state index in [1.54, 1.807) is 6.07 Å². The van der Waals surface area contributed by atoms with Gasteiger partial charge in [0.05, 0.1) is 5.69 Å². The zero-order valence-electron chi connectivity index (χ0n) is 9.44. The quantitative estimate of drug-likeness (QED) is 0.801. The van der Waals surface area contributed by atoms with E-state index < -0.39 is 8.80 Å². The van der Waals surface area contributed by atoms with Gasteiger partial charge < -0.3 is 5.11 Å². The molecule has 0 bridgehead atoms. The van der Waals surface area contributed by atoms with Crippen molar-refractivity contribution in [2.45, 2.75) is 13.1 Å². The Bertz CT molecular complexity index is 497. The van der Waals surface area contributed by atoms with Crippen molar-refractivity contribution in [3.8, 4) is 17.0 Å². The van der Waals surface area contributed by atoms with Gasteiger partial charge in [0.15, 0.2) is 0 Å². The average molecular weight is 228 g/mol. The van der Waals surface area contributed by atoms with Gasteiger partial charge in [0.1, 0.15) is 14.5 Å². The van der Waals surface area contributed by atoms with Gasteiger partial charge in [0.2, 0.25) is 0 Å². The topological polar surface area (TPSA) is 33.1 Å². The van der Waals surface area contributed by atoms with Crippen LogP contribution < -0.4 is 5.32 Å². The molecule has 0 saturated carbocycles. The van der Waals surface area contributed by atoms with E-state index in [4.69, 9.17) is 0 Å². The summed E-state index contributed by atoms with van der Waals surface area (Å²) in [5, 5.41) is 10.9. The molecule has 2 rings (SSSR count). The van der Waals surface area contributed by atoms with E-state index in [0.717, 1.165) is 16.6 Å². The minimum atomic E-state index is -0.547. The van der Waals surface area contributed by atoms with Gasteiger partial charge in [0, 0.05) is 10.9 Å². The van der Waals surface area contributed by atoms with Crippen LogP contribution in [0.2, 0.25) is 13.1 Å². The second kappa shape index (κ2) is 4.49. The molecule has 0 aliphatic rings. The number of benzene rings is 1. The first kappa shape index (κ1) is 10.9. The summed E-state index contributed by atoms with van der Waals surface area (Å²) in [6, 6.07) is 13.3. The SMILES string of the molecule is C[Si](C)c1cccc(-c2ccccc2O)n1. The van der Waals surface area contributed by atoms with Crippen molar-refractivity contribution in [3.05, 3.63) is 42.5 Å². The molecule has 0 aliphatic heterocycles. The summed E-state index contributed by atoms with van der Waals surface area (Å²) in [5.74, 6) is 0.285. The maximum Gasteiger partial charge on any atom is 0.124 e. The van der Waals surface area contributed by atoms with Crippen LogP contribution in [-0.4, -0.2) is 18.9 Å². The molecule has 1 N–H and O–H groups in total. The second-order valence-corrected chi connectivity index (χ2v) is 6.44. The summed E-state index contributed by atoms with van der Waals surface area (Å²) in [4.78, 5) is 4.59. The summed E-state index contributed by atoms with van der Waals surface area (Å²) in [7, 11) is -0.547. The molecule has 0 atom stereocenters. The fourth-order valence-electron chi connectivity index (χ4n) is 1.55. The molecule has 0 spiro atoms. The molecule has 16 heavy (non-hydrogen) atoms. The number of hydrogen-bond donors (Lipinski definition) is 1. The summed E-state index contributed by atoms with van der Waals surface area (Å²) in [6.07, 6.45) is 0. The van der Waals surface area contributed by atoms with Crippen LogP contribution in [0.1, 0.15) is 0 Å². The van der Waals surface area contributed by atoms with Crippen molar-refractivity contribution in [2.75, 3.05) is 0 Å². The largest absolute Gasteiger partial charge is 0.507 e. The molecular formula is C13H14NOSi. The highest BCUT2D eigenvalue weighted by molar-refractivity contribution is 6.69. The fraction of sp³-hybridized carbons (Fsp3) is 0.154. The highest BCUT2D eigenvalue weighted by atomic mass is 28.3. The van der Waals surface area contributed by atoms with Crippen molar-refractivity contribution in [3.63, 3.8) is 0 Å². The predicted octanol–water partition coefficient (Wildman–Crippen LogP) is 2.42. The normalized spacial score (nSPS) is 10.7. The van der Waals surface area contributed by atoms with Crippen LogP contribution in [0.15, 0.2) is 42.5 Å². The Balaban J connectivity index is 2.49. The number of rotatable bonds is 2. The van der Waals surface area contributed by atoms with E-state index in [1.807, 2.05) is 30.3 Å². The number of aromatic hydroxyl groups is 1. The first-order valence-electron chi connectivity index (χ1n) is 5.24. The molecule has 1 aromatic heterocycles. The molecule has 2 nitrogen and oxygen atoms in total. The van der Waals surface area contributed by atoms with Crippen LogP contribution >= 0.6 is 0 Å². The number of para-hydroxylation sites is 1. The van der Waals surface area contributed by atoms with Gasteiger partial charge in [-0.1, -0.05) is 31.3 Å². The van der Waals surface area contributed by atoms with E-state index in [9.17, 15) is 5.11 Å². The van der Waals surface area contributed by atoms with Gasteiger partial charge in [-0.15, -0.1) is 0 Å². The zero-order chi connectivity index (χ0) is 11.5. The summed E-state index contributed by atoms with van der Waals surface area (Å²) >= 11 is 0. The molecule has 0 unspecified atom stereocenters. The average Bonchev–Trinajstić information content (AvgIpc) is 2.30. The molecule has 2 aromatic rings. The lowest BCUT2D eigenvalue weighted by molar-refractivity contribution is 0.477. The van der Waals surface area contributed by atoms with Crippen molar-refractivity contribution in [1.29, 1.82) is 0 Å². The molecule has 0 saturated heterocycles. The molecule has 81 valence electrons. The zero-order valence-corrected chi connectivity index (χ0v) is 10.4. The minimum Gasteiger partial charge on any atom is -0.507 e. The van der Waals surface area contributed by atoms with E-state index in [-0.39, 0.29) is 5.75 Å². The molecule has 1 heterocycles. The Hall–Kier alpha value is -1.61. The Morgan fingerprint density at radius 3 is 2.44 bits per heavy atom. The first-order chi connectivity index (χ1) is 7.68. The molecule has 0 fully saturated rings. The summed E-state index contributed by atoms with van der Waals surface area (Å²) in [5.41, 5.74) is 1.65. The van der Waals surface area contributed by atoms with Crippen LogP contribution in [0, 0.1) is 0 Å². The van der Waals surface area contributed by atoms with Crippen molar-refractivity contribution < 1.29 is 5.11 Å². The third-order valence-corrected chi connectivity index (χ3v) is 3.74. The minimum absolute atomic E-state index is 0.285. The highest BCUT2D eigenvalue weighted by Crippen LogP contribution is 2.25. The van der Waals surface area contributed by atoms with E-state index in [0.29, 0.717) is 0 Å². The molecule has 0 aliphatic carbocycles. The fourth-order valence-corrected chi connectivity index (χ4v) is 2.33. The number of phenols is 1. The Labute approximate surface area is 97.2 Å². The lowest BCUT2D eigenvalue weighted by atomic mass is 10.1.